The minimum atomic E-state index is -4.96. The van der Waals surface area contributed by atoms with Gasteiger partial charge in [-0.15, -0.1) is 12.1 Å². The van der Waals surface area contributed by atoms with Crippen molar-refractivity contribution >= 4 is 44.9 Å². The fourth-order valence-electron chi connectivity index (χ4n) is 6.37. The van der Waals surface area contributed by atoms with Crippen LogP contribution in [0.4, 0.5) is 35.1 Å². The van der Waals surface area contributed by atoms with Crippen LogP contribution in [0.25, 0.3) is 33.2 Å². The van der Waals surface area contributed by atoms with E-state index in [0.717, 1.165) is 29.0 Å². The van der Waals surface area contributed by atoms with Gasteiger partial charge in [-0.25, -0.2) is 13.8 Å². The van der Waals surface area contributed by atoms with Crippen LogP contribution in [0.3, 0.4) is 0 Å². The monoisotopic (exact) mass is 902 g/mol. The van der Waals surface area contributed by atoms with Gasteiger partial charge in [0, 0.05) is 23.0 Å². The van der Waals surface area contributed by atoms with Crippen LogP contribution in [0.1, 0.15) is 16.7 Å². The number of halogens is 9. The summed E-state index contributed by atoms with van der Waals surface area (Å²) < 4.78 is 114. The van der Waals surface area contributed by atoms with Crippen molar-refractivity contribution in [2.24, 2.45) is 0 Å². The predicted molar refractivity (Wildman–Crippen MR) is 207 cm³/mol. The van der Waals surface area contributed by atoms with Crippen molar-refractivity contribution in [3.63, 3.8) is 0 Å². The molecule has 0 spiro atoms. The second-order valence-corrected chi connectivity index (χ2v) is 13.3. The first-order chi connectivity index (χ1) is 27.7. The quantitative estimate of drug-likeness (QED) is 0.0830. The Morgan fingerprint density at radius 1 is 0.667 bits per heavy atom. The molecule has 0 aliphatic carbocycles. The SMILES string of the molecule is FC(F)(F)C1(c2ccc3c(cnn3-c3ccccc3)c2)CO1.Fc1c[c-]ccc1.OC(Cc1cccc(F)c1)(c1ccc2c(cnn2-c2ccccc2)c1)C(F)(F)F.[Br-].[Mg+2]. The van der Waals surface area contributed by atoms with E-state index < -0.39 is 35.8 Å². The molecular formula is C44H31BrF8MgN4O2. The Kier molecular flexibility index (Phi) is 14.3. The Labute approximate surface area is 365 Å². The van der Waals surface area contributed by atoms with Crippen molar-refractivity contribution in [2.45, 2.75) is 30.0 Å². The standard InChI is InChI=1S/C22H16F4N2O.C16H11F3N2O.C6H4F.BrH.Mg/c23-18-6-4-5-15(11-18)13-21(29,22(24,25)26)17-9-10-20-16(12-17)14-27-28(20)19-7-2-1-3-8-19;17-16(18,19)15(10-22-15)12-6-7-14-11(8-12)9-20-21(14)13-4-2-1-3-5-13;7-6-4-2-1-3-5-6;;/h1-12,14,29H,13H2;1-9H,10H2;1-2,4-5H;1H;/q;;-1;;+2/p-1. The zero-order valence-electron chi connectivity index (χ0n) is 31.2. The summed E-state index contributed by atoms with van der Waals surface area (Å²) in [5.74, 6) is -0.894. The number of epoxide rings is 1. The summed E-state index contributed by atoms with van der Waals surface area (Å²) in [5, 5.41) is 20.3. The summed E-state index contributed by atoms with van der Waals surface area (Å²) in [7, 11) is 0. The first-order valence-electron chi connectivity index (χ1n) is 17.6. The molecule has 0 saturated carbocycles. The van der Waals surface area contributed by atoms with Crippen molar-refractivity contribution in [1.82, 2.24) is 19.6 Å². The average Bonchev–Trinajstić information content (AvgIpc) is 3.77. The molecule has 1 aliphatic heterocycles. The minimum absolute atomic E-state index is 0. The Hall–Kier alpha value is -5.13. The topological polar surface area (TPSA) is 68.4 Å². The molecule has 1 N–H and O–H groups in total. The fraction of sp³-hybridized carbons (Fsp3) is 0.136. The van der Waals surface area contributed by atoms with Crippen molar-refractivity contribution in [3.05, 3.63) is 192 Å². The molecule has 0 amide bonds. The Bertz CT molecular complexity index is 2640. The maximum atomic E-state index is 13.9. The van der Waals surface area contributed by atoms with Gasteiger partial charge in [-0.2, -0.15) is 54.7 Å². The van der Waals surface area contributed by atoms with Gasteiger partial charge in [-0.05, 0) is 77.4 Å². The number of aromatic nitrogens is 4. The largest absolute Gasteiger partial charge is 2.00 e. The maximum absolute atomic E-state index is 13.9. The maximum Gasteiger partial charge on any atom is 2.00 e. The normalized spacial score (nSPS) is 15.6. The van der Waals surface area contributed by atoms with E-state index in [1.54, 1.807) is 33.8 Å². The van der Waals surface area contributed by atoms with E-state index in [0.29, 0.717) is 16.3 Å². The van der Waals surface area contributed by atoms with E-state index in [1.165, 1.54) is 60.8 Å². The summed E-state index contributed by atoms with van der Waals surface area (Å²) >= 11 is 0. The molecule has 0 radical (unpaired) electrons. The number of alkyl halides is 6. The third-order valence-electron chi connectivity index (χ3n) is 9.46. The fourth-order valence-corrected chi connectivity index (χ4v) is 6.37. The summed E-state index contributed by atoms with van der Waals surface area (Å²) in [6, 6.07) is 40.5. The predicted octanol–water partition coefficient (Wildman–Crippen LogP) is 7.22. The Balaban J connectivity index is 0.000000194. The average molecular weight is 904 g/mol. The van der Waals surface area contributed by atoms with Gasteiger partial charge in [-0.3, -0.25) is 4.39 Å². The van der Waals surface area contributed by atoms with E-state index in [9.17, 15) is 40.2 Å². The number of hydrogen-bond acceptors (Lipinski definition) is 4. The van der Waals surface area contributed by atoms with Crippen LogP contribution in [0.15, 0.2) is 158 Å². The van der Waals surface area contributed by atoms with Crippen LogP contribution in [0, 0.1) is 17.7 Å². The molecule has 2 aromatic heterocycles. The molecule has 8 aromatic rings. The summed E-state index contributed by atoms with van der Waals surface area (Å²) in [5.41, 5.74) is -2.47. The number of benzene rings is 6. The first kappa shape index (κ1) is 45.9. The number of nitrogens with zero attached hydrogens (tertiary/aromatic N) is 4. The Morgan fingerprint density at radius 2 is 1.22 bits per heavy atom. The van der Waals surface area contributed by atoms with Crippen LogP contribution in [0.5, 0.6) is 0 Å². The molecule has 304 valence electrons. The molecule has 9 rings (SSSR count). The van der Waals surface area contributed by atoms with Crippen LogP contribution in [0.2, 0.25) is 0 Å². The summed E-state index contributed by atoms with van der Waals surface area (Å²) in [6.45, 7) is -0.325. The van der Waals surface area contributed by atoms with Gasteiger partial charge in [-0.1, -0.05) is 60.7 Å². The van der Waals surface area contributed by atoms with Crippen LogP contribution in [-0.2, 0) is 22.4 Å². The van der Waals surface area contributed by atoms with Crippen molar-refractivity contribution in [3.8, 4) is 11.4 Å². The van der Waals surface area contributed by atoms with Crippen LogP contribution < -0.4 is 17.0 Å². The van der Waals surface area contributed by atoms with Gasteiger partial charge in [0.15, 0.2) is 5.60 Å². The molecule has 6 nitrogen and oxygen atoms in total. The van der Waals surface area contributed by atoms with E-state index in [1.807, 2.05) is 60.7 Å². The minimum Gasteiger partial charge on any atom is -1.00 e. The first-order valence-corrected chi connectivity index (χ1v) is 17.6. The van der Waals surface area contributed by atoms with Gasteiger partial charge in [0.05, 0.1) is 41.4 Å². The van der Waals surface area contributed by atoms with Gasteiger partial charge in [0.1, 0.15) is 5.82 Å². The zero-order chi connectivity index (χ0) is 41.1. The van der Waals surface area contributed by atoms with Crippen molar-refractivity contribution in [1.29, 1.82) is 0 Å². The number of para-hydroxylation sites is 2. The second kappa shape index (κ2) is 18.6. The Morgan fingerprint density at radius 3 is 1.68 bits per heavy atom. The molecule has 1 fully saturated rings. The van der Waals surface area contributed by atoms with Crippen LogP contribution in [-0.4, -0.2) is 66.7 Å². The van der Waals surface area contributed by atoms with Crippen LogP contribution >= 0.6 is 0 Å². The third-order valence-corrected chi connectivity index (χ3v) is 9.46. The molecule has 1 aliphatic rings. The molecule has 3 heterocycles. The van der Waals surface area contributed by atoms with E-state index in [-0.39, 0.29) is 69.1 Å². The molecule has 2 unspecified atom stereocenters. The van der Waals surface area contributed by atoms with E-state index in [2.05, 4.69) is 16.3 Å². The number of ether oxygens (including phenoxy) is 1. The number of aliphatic hydroxyl groups is 1. The molecule has 2 atom stereocenters. The molecule has 6 aromatic carbocycles. The molecule has 0 bridgehead atoms. The summed E-state index contributed by atoms with van der Waals surface area (Å²) in [4.78, 5) is 0. The number of hydrogen-bond donors (Lipinski definition) is 1. The molecular weight excluding hydrogens is 873 g/mol. The van der Waals surface area contributed by atoms with Crippen molar-refractivity contribution < 1.29 is 61.9 Å². The zero-order valence-corrected chi connectivity index (χ0v) is 34.2. The summed E-state index contributed by atoms with van der Waals surface area (Å²) in [6.07, 6.45) is -7.14. The number of fused-ring (bicyclic) bond motifs is 2. The van der Waals surface area contributed by atoms with Gasteiger partial charge in [0.2, 0.25) is 5.60 Å². The van der Waals surface area contributed by atoms with E-state index >= 15 is 0 Å². The molecule has 1 saturated heterocycles. The van der Waals surface area contributed by atoms with Gasteiger partial charge in [0.25, 0.3) is 0 Å². The molecule has 60 heavy (non-hydrogen) atoms. The second-order valence-electron chi connectivity index (χ2n) is 13.3. The number of rotatable bonds is 6. The molecule has 16 heteroatoms. The third kappa shape index (κ3) is 9.74. The van der Waals surface area contributed by atoms with Crippen molar-refractivity contribution in [2.75, 3.05) is 6.61 Å². The van der Waals surface area contributed by atoms with Gasteiger partial charge < -0.3 is 26.8 Å². The van der Waals surface area contributed by atoms with E-state index in [4.69, 9.17) is 4.74 Å². The smallest absolute Gasteiger partial charge is 1.00 e. The van der Waals surface area contributed by atoms with Gasteiger partial charge >= 0.3 is 35.4 Å².